The van der Waals surface area contributed by atoms with Crippen molar-refractivity contribution in [2.24, 2.45) is 0 Å². The Morgan fingerprint density at radius 1 is 0.947 bits per heavy atom. The number of benzene rings is 3. The van der Waals surface area contributed by atoms with Crippen LogP contribution >= 0.6 is 11.6 Å². The maximum atomic E-state index is 14.0. The summed E-state index contributed by atoms with van der Waals surface area (Å²) in [5, 5.41) is 3.87. The predicted octanol–water partition coefficient (Wildman–Crippen LogP) is 5.63. The van der Waals surface area contributed by atoms with Gasteiger partial charge in [-0.1, -0.05) is 23.7 Å². The summed E-state index contributed by atoms with van der Waals surface area (Å²) in [7, 11) is 0. The summed E-state index contributed by atoms with van der Waals surface area (Å²) in [6.07, 6.45) is 2.65. The van der Waals surface area contributed by atoms with E-state index in [9.17, 15) is 22.8 Å². The van der Waals surface area contributed by atoms with Crippen LogP contribution in [-0.2, 0) is 17.6 Å². The topological polar surface area (TPSA) is 90.6 Å². The van der Waals surface area contributed by atoms with Gasteiger partial charge in [0.1, 0.15) is 17.5 Å². The summed E-state index contributed by atoms with van der Waals surface area (Å²) < 4.78 is 41.8. The quantitative estimate of drug-likeness (QED) is 0.252. The lowest BCUT2D eigenvalue weighted by Gasteiger charge is -2.21. The molecule has 3 N–H and O–H groups in total. The first-order valence-electron chi connectivity index (χ1n) is 11.6. The van der Waals surface area contributed by atoms with E-state index in [1.54, 1.807) is 36.5 Å². The Morgan fingerprint density at radius 3 is 2.42 bits per heavy atom. The second-order valence-electron chi connectivity index (χ2n) is 8.78. The van der Waals surface area contributed by atoms with E-state index in [1.165, 1.54) is 18.5 Å². The van der Waals surface area contributed by atoms with Gasteiger partial charge >= 0.3 is 0 Å². The molecule has 0 fully saturated rings. The zero-order chi connectivity index (χ0) is 26.8. The third-order valence-electron chi connectivity index (χ3n) is 6.12. The molecular weight excluding hydrogens is 517 g/mol. The normalized spacial score (nSPS) is 12.0. The van der Waals surface area contributed by atoms with Gasteiger partial charge in [0.15, 0.2) is 0 Å². The molecule has 2 aromatic heterocycles. The van der Waals surface area contributed by atoms with E-state index >= 15 is 0 Å². The molecule has 5 rings (SSSR count). The number of nitrogens with zero attached hydrogens (tertiary/aromatic N) is 1. The fourth-order valence-electron chi connectivity index (χ4n) is 4.47. The van der Waals surface area contributed by atoms with Crippen molar-refractivity contribution in [2.75, 3.05) is 0 Å². The molecule has 6 nitrogen and oxygen atoms in total. The standard InChI is InChI=1S/C28H20ClF3N4O2/c29-18-3-1-16(2-4-18)26-27(34-14-35-28(26)38)24(9-15-7-20(31)11-21(32)8-15)36-25(37)10-17-13-33-23-6-5-19(30)12-22(17)23/h1-8,11-14,24,33H,9-10H2,(H,36,37)(H,34,35,38). The molecule has 1 unspecified atom stereocenters. The van der Waals surface area contributed by atoms with Gasteiger partial charge in [0.2, 0.25) is 5.91 Å². The number of aromatic amines is 2. The summed E-state index contributed by atoms with van der Waals surface area (Å²) in [5.41, 5.74) is 1.90. The SMILES string of the molecule is O=C(Cc1c[nH]c2ccc(F)cc12)NC(Cc1cc(F)cc(F)c1)c1nc[nH]c(=O)c1-c1ccc(Cl)cc1. The number of hydrogen-bond donors (Lipinski definition) is 3. The molecule has 0 saturated heterocycles. The molecule has 192 valence electrons. The average molecular weight is 537 g/mol. The molecule has 0 aliphatic heterocycles. The minimum absolute atomic E-state index is 0.0556. The van der Waals surface area contributed by atoms with E-state index < -0.39 is 35.0 Å². The van der Waals surface area contributed by atoms with Crippen molar-refractivity contribution in [3.8, 4) is 11.1 Å². The largest absolute Gasteiger partial charge is 0.361 e. The molecule has 0 saturated carbocycles. The number of carbonyl (C=O) groups is 1. The third-order valence-corrected chi connectivity index (χ3v) is 6.38. The zero-order valence-electron chi connectivity index (χ0n) is 19.7. The Morgan fingerprint density at radius 2 is 1.68 bits per heavy atom. The van der Waals surface area contributed by atoms with E-state index in [-0.39, 0.29) is 29.7 Å². The van der Waals surface area contributed by atoms with Crippen molar-refractivity contribution in [3.63, 3.8) is 0 Å². The Labute approximate surface area is 219 Å². The third kappa shape index (κ3) is 5.47. The molecule has 0 radical (unpaired) electrons. The van der Waals surface area contributed by atoms with Gasteiger partial charge in [-0.3, -0.25) is 9.59 Å². The maximum Gasteiger partial charge on any atom is 0.258 e. The fraction of sp³-hybridized carbons (Fsp3) is 0.107. The van der Waals surface area contributed by atoms with Crippen molar-refractivity contribution < 1.29 is 18.0 Å². The number of fused-ring (bicyclic) bond motifs is 1. The van der Waals surface area contributed by atoms with Gasteiger partial charge < -0.3 is 15.3 Å². The van der Waals surface area contributed by atoms with Gasteiger partial charge in [0.05, 0.1) is 30.0 Å². The number of aromatic nitrogens is 3. The van der Waals surface area contributed by atoms with Crippen LogP contribution in [0.25, 0.3) is 22.0 Å². The lowest BCUT2D eigenvalue weighted by Crippen LogP contribution is -2.33. The summed E-state index contributed by atoms with van der Waals surface area (Å²) in [5.74, 6) is -2.45. The number of carbonyl (C=O) groups excluding carboxylic acids is 1. The molecule has 1 atom stereocenters. The Hall–Kier alpha value is -4.37. The van der Waals surface area contributed by atoms with Crippen LogP contribution in [0, 0.1) is 17.5 Å². The van der Waals surface area contributed by atoms with Crippen LogP contribution < -0.4 is 10.9 Å². The number of amides is 1. The number of rotatable bonds is 7. The lowest BCUT2D eigenvalue weighted by molar-refractivity contribution is -0.121. The summed E-state index contributed by atoms with van der Waals surface area (Å²) >= 11 is 6.01. The first-order valence-corrected chi connectivity index (χ1v) is 12.0. The van der Waals surface area contributed by atoms with Gasteiger partial charge in [-0.2, -0.15) is 0 Å². The monoisotopic (exact) mass is 536 g/mol. The molecule has 3 aromatic carbocycles. The van der Waals surface area contributed by atoms with Crippen molar-refractivity contribution in [1.29, 1.82) is 0 Å². The van der Waals surface area contributed by atoms with Crippen LogP contribution in [0.3, 0.4) is 0 Å². The molecule has 10 heteroatoms. The van der Waals surface area contributed by atoms with Crippen LogP contribution in [0.1, 0.15) is 22.9 Å². The highest BCUT2D eigenvalue weighted by Gasteiger charge is 2.24. The van der Waals surface area contributed by atoms with Gasteiger partial charge in [-0.15, -0.1) is 0 Å². The predicted molar refractivity (Wildman–Crippen MR) is 138 cm³/mol. The highest BCUT2D eigenvalue weighted by molar-refractivity contribution is 6.30. The van der Waals surface area contributed by atoms with Crippen molar-refractivity contribution in [1.82, 2.24) is 20.3 Å². The highest BCUT2D eigenvalue weighted by atomic mass is 35.5. The van der Waals surface area contributed by atoms with Crippen LogP contribution in [0.5, 0.6) is 0 Å². The van der Waals surface area contributed by atoms with Crippen LogP contribution in [0.15, 0.2) is 78.0 Å². The van der Waals surface area contributed by atoms with Crippen molar-refractivity contribution >= 4 is 28.4 Å². The maximum absolute atomic E-state index is 14.0. The number of halogens is 4. The van der Waals surface area contributed by atoms with E-state index in [4.69, 9.17) is 11.6 Å². The minimum Gasteiger partial charge on any atom is -0.361 e. The summed E-state index contributed by atoms with van der Waals surface area (Å²) in [4.78, 5) is 36.0. The highest BCUT2D eigenvalue weighted by Crippen LogP contribution is 2.28. The Bertz CT molecular complexity index is 1680. The number of H-pyrrole nitrogens is 2. The second kappa shape index (κ2) is 10.5. The first-order chi connectivity index (χ1) is 18.3. The molecule has 0 bridgehead atoms. The lowest BCUT2D eigenvalue weighted by atomic mass is 9.96. The van der Waals surface area contributed by atoms with E-state index in [0.717, 1.165) is 18.2 Å². The van der Waals surface area contributed by atoms with E-state index in [1.807, 2.05) is 0 Å². The van der Waals surface area contributed by atoms with Crippen LogP contribution in [0.2, 0.25) is 5.02 Å². The van der Waals surface area contributed by atoms with Gasteiger partial charge in [-0.25, -0.2) is 18.2 Å². The summed E-state index contributed by atoms with van der Waals surface area (Å²) in [6.45, 7) is 0. The molecule has 0 aliphatic carbocycles. The van der Waals surface area contributed by atoms with Gasteiger partial charge in [0.25, 0.3) is 5.56 Å². The second-order valence-corrected chi connectivity index (χ2v) is 9.22. The molecular formula is C28H20ClF3N4O2. The minimum atomic E-state index is -0.932. The first kappa shape index (κ1) is 25.3. The summed E-state index contributed by atoms with van der Waals surface area (Å²) in [6, 6.07) is 12.8. The molecule has 0 aliphatic rings. The smallest absolute Gasteiger partial charge is 0.258 e. The molecule has 2 heterocycles. The van der Waals surface area contributed by atoms with Gasteiger partial charge in [-0.05, 0) is 65.6 Å². The molecule has 1 amide bonds. The number of hydrogen-bond acceptors (Lipinski definition) is 3. The molecule has 38 heavy (non-hydrogen) atoms. The van der Waals surface area contributed by atoms with Crippen molar-refractivity contribution in [3.05, 3.63) is 123 Å². The molecule has 5 aromatic rings. The fourth-order valence-corrected chi connectivity index (χ4v) is 4.59. The average Bonchev–Trinajstić information content (AvgIpc) is 3.25. The van der Waals surface area contributed by atoms with Gasteiger partial charge in [0, 0.05) is 28.2 Å². The number of nitrogens with one attached hydrogen (secondary N) is 3. The van der Waals surface area contributed by atoms with E-state index in [0.29, 0.717) is 27.1 Å². The zero-order valence-corrected chi connectivity index (χ0v) is 20.5. The molecule has 0 spiro atoms. The van der Waals surface area contributed by atoms with Crippen molar-refractivity contribution in [2.45, 2.75) is 18.9 Å². The Kier molecular flexibility index (Phi) is 7.02. The van der Waals surface area contributed by atoms with E-state index in [2.05, 4.69) is 20.3 Å². The Balaban J connectivity index is 1.53. The van der Waals surface area contributed by atoms with Crippen LogP contribution in [-0.4, -0.2) is 20.9 Å². The van der Waals surface area contributed by atoms with Crippen LogP contribution in [0.4, 0.5) is 13.2 Å².